The predicted molar refractivity (Wildman–Crippen MR) is 79.9 cm³/mol. The van der Waals surface area contributed by atoms with Gasteiger partial charge in [-0.15, -0.1) is 0 Å². The molecule has 3 rings (SSSR count). The van der Waals surface area contributed by atoms with Crippen molar-refractivity contribution < 1.29 is 9.18 Å². The Balaban J connectivity index is 1.85. The highest BCUT2D eigenvalue weighted by Gasteiger charge is 2.23. The van der Waals surface area contributed by atoms with Crippen LogP contribution in [0.3, 0.4) is 0 Å². The van der Waals surface area contributed by atoms with Crippen LogP contribution in [0.4, 0.5) is 10.1 Å². The number of carbonyl (C=O) groups excluding carboxylic acids is 1. The second-order valence-electron chi connectivity index (χ2n) is 5.54. The van der Waals surface area contributed by atoms with Crippen molar-refractivity contribution in [2.75, 3.05) is 31.1 Å². The number of hydrogen-bond acceptors (Lipinski definition) is 4. The van der Waals surface area contributed by atoms with E-state index in [9.17, 15) is 9.18 Å². The molecule has 2 heterocycles. The molecule has 0 saturated carbocycles. The third-order valence-electron chi connectivity index (χ3n) is 3.96. The number of carbonyl (C=O) groups is 1. The van der Waals surface area contributed by atoms with Gasteiger partial charge in [0.25, 0.3) is 0 Å². The van der Waals surface area contributed by atoms with E-state index in [4.69, 9.17) is 0 Å². The van der Waals surface area contributed by atoms with Gasteiger partial charge in [-0.05, 0) is 12.1 Å². The number of benzene rings is 1. The maximum atomic E-state index is 14.4. The van der Waals surface area contributed by atoms with E-state index in [1.54, 1.807) is 0 Å². The minimum Gasteiger partial charge on any atom is -0.367 e. The third kappa shape index (κ3) is 2.90. The van der Waals surface area contributed by atoms with E-state index >= 15 is 0 Å². The molecule has 2 aliphatic heterocycles. The summed E-state index contributed by atoms with van der Waals surface area (Å²) in [6, 6.07) is 5.21. The highest BCUT2D eigenvalue weighted by molar-refractivity contribution is 6.05. The SMILES string of the molecule is CC1CC(=O)NN=C1c1ccc(N2CCNCC2)c(F)c1. The zero-order valence-corrected chi connectivity index (χ0v) is 12.0. The van der Waals surface area contributed by atoms with Crippen LogP contribution in [-0.2, 0) is 4.79 Å². The molecule has 2 N–H and O–H groups in total. The molecule has 0 radical (unpaired) electrons. The number of piperazine rings is 1. The summed E-state index contributed by atoms with van der Waals surface area (Å²) in [7, 11) is 0. The van der Waals surface area contributed by atoms with Crippen LogP contribution in [0.2, 0.25) is 0 Å². The van der Waals surface area contributed by atoms with Crippen LogP contribution in [0, 0.1) is 11.7 Å². The van der Waals surface area contributed by atoms with Crippen molar-refractivity contribution in [3.63, 3.8) is 0 Å². The summed E-state index contributed by atoms with van der Waals surface area (Å²) in [5.41, 5.74) is 4.57. The predicted octanol–water partition coefficient (Wildman–Crippen LogP) is 1.10. The fourth-order valence-corrected chi connectivity index (χ4v) is 2.83. The number of anilines is 1. The van der Waals surface area contributed by atoms with Crippen molar-refractivity contribution in [3.8, 4) is 0 Å². The van der Waals surface area contributed by atoms with Crippen LogP contribution in [0.5, 0.6) is 0 Å². The van der Waals surface area contributed by atoms with Crippen LogP contribution in [-0.4, -0.2) is 37.8 Å². The van der Waals surface area contributed by atoms with Gasteiger partial charge in [-0.25, -0.2) is 9.82 Å². The van der Waals surface area contributed by atoms with Gasteiger partial charge in [-0.3, -0.25) is 4.79 Å². The summed E-state index contributed by atoms with van der Waals surface area (Å²) >= 11 is 0. The molecular weight excluding hydrogens is 271 g/mol. The lowest BCUT2D eigenvalue weighted by atomic mass is 9.94. The first kappa shape index (κ1) is 14.0. The minimum atomic E-state index is -0.235. The number of halogens is 1. The minimum absolute atomic E-state index is 0.00295. The van der Waals surface area contributed by atoms with E-state index < -0.39 is 0 Å². The number of rotatable bonds is 2. The Morgan fingerprint density at radius 3 is 2.76 bits per heavy atom. The van der Waals surface area contributed by atoms with Gasteiger partial charge in [-0.2, -0.15) is 5.10 Å². The van der Waals surface area contributed by atoms with Crippen LogP contribution in [0.25, 0.3) is 0 Å². The number of hydrazone groups is 1. The van der Waals surface area contributed by atoms with Crippen molar-refractivity contribution in [2.24, 2.45) is 11.0 Å². The normalized spacial score (nSPS) is 22.8. The molecule has 5 nitrogen and oxygen atoms in total. The first-order chi connectivity index (χ1) is 10.1. The molecule has 1 aromatic rings. The second-order valence-corrected chi connectivity index (χ2v) is 5.54. The molecule has 2 aliphatic rings. The van der Waals surface area contributed by atoms with Gasteiger partial charge in [0.05, 0.1) is 11.4 Å². The van der Waals surface area contributed by atoms with Crippen LogP contribution >= 0.6 is 0 Å². The number of hydrogen-bond donors (Lipinski definition) is 2. The van der Waals surface area contributed by atoms with Gasteiger partial charge in [0.15, 0.2) is 0 Å². The van der Waals surface area contributed by atoms with Gasteiger partial charge in [0, 0.05) is 44.1 Å². The standard InChI is InChI=1S/C15H19FN4O/c1-10-8-14(21)18-19-15(10)11-2-3-13(12(16)9-11)20-6-4-17-5-7-20/h2-3,9-10,17H,4-8H2,1H3,(H,18,21). The zero-order chi connectivity index (χ0) is 14.8. The maximum Gasteiger partial charge on any atom is 0.240 e. The van der Waals surface area contributed by atoms with Crippen LogP contribution in [0.15, 0.2) is 23.3 Å². The second kappa shape index (κ2) is 5.81. The summed E-state index contributed by atoms with van der Waals surface area (Å²) in [5.74, 6) is -0.325. The topological polar surface area (TPSA) is 56.7 Å². The maximum absolute atomic E-state index is 14.4. The summed E-state index contributed by atoms with van der Waals surface area (Å²) in [6.07, 6.45) is 0.389. The Labute approximate surface area is 123 Å². The largest absolute Gasteiger partial charge is 0.367 e. The van der Waals surface area contributed by atoms with Crippen molar-refractivity contribution >= 4 is 17.3 Å². The first-order valence-corrected chi connectivity index (χ1v) is 7.27. The molecule has 0 aliphatic carbocycles. The van der Waals surface area contributed by atoms with E-state index in [0.717, 1.165) is 37.5 Å². The van der Waals surface area contributed by atoms with Crippen LogP contribution < -0.4 is 15.6 Å². The van der Waals surface area contributed by atoms with Gasteiger partial charge in [-0.1, -0.05) is 13.0 Å². The highest BCUT2D eigenvalue weighted by Crippen LogP contribution is 2.24. The lowest BCUT2D eigenvalue weighted by molar-refractivity contribution is -0.121. The Kier molecular flexibility index (Phi) is 3.88. The average molecular weight is 290 g/mol. The molecule has 1 aromatic carbocycles. The molecule has 0 spiro atoms. The highest BCUT2D eigenvalue weighted by atomic mass is 19.1. The Hall–Kier alpha value is -1.95. The van der Waals surface area contributed by atoms with Crippen molar-refractivity contribution in [3.05, 3.63) is 29.6 Å². The van der Waals surface area contributed by atoms with Gasteiger partial charge in [0.1, 0.15) is 5.82 Å². The molecule has 1 atom stereocenters. The smallest absolute Gasteiger partial charge is 0.240 e. The van der Waals surface area contributed by atoms with Gasteiger partial charge < -0.3 is 10.2 Å². The molecule has 21 heavy (non-hydrogen) atoms. The van der Waals surface area contributed by atoms with E-state index in [2.05, 4.69) is 15.8 Å². The van der Waals surface area contributed by atoms with E-state index in [-0.39, 0.29) is 17.6 Å². The summed E-state index contributed by atoms with van der Waals surface area (Å²) in [4.78, 5) is 13.3. The molecule has 1 unspecified atom stereocenters. The number of nitrogens with one attached hydrogen (secondary N) is 2. The monoisotopic (exact) mass is 290 g/mol. The first-order valence-electron chi connectivity index (χ1n) is 7.27. The average Bonchev–Trinajstić information content (AvgIpc) is 2.48. The fraction of sp³-hybridized carbons (Fsp3) is 0.467. The number of amides is 1. The Bertz CT molecular complexity index is 581. The summed E-state index contributed by atoms with van der Waals surface area (Å²) in [5, 5.41) is 7.33. The molecule has 0 bridgehead atoms. The number of nitrogens with zero attached hydrogens (tertiary/aromatic N) is 2. The van der Waals surface area contributed by atoms with E-state index in [1.165, 1.54) is 6.07 Å². The Morgan fingerprint density at radius 2 is 2.10 bits per heavy atom. The van der Waals surface area contributed by atoms with Gasteiger partial charge >= 0.3 is 0 Å². The third-order valence-corrected chi connectivity index (χ3v) is 3.96. The van der Waals surface area contributed by atoms with E-state index in [0.29, 0.717) is 12.1 Å². The fourth-order valence-electron chi connectivity index (χ4n) is 2.83. The van der Waals surface area contributed by atoms with Gasteiger partial charge in [0.2, 0.25) is 5.91 Å². The summed E-state index contributed by atoms with van der Waals surface area (Å²) in [6.45, 7) is 5.29. The molecule has 112 valence electrons. The Morgan fingerprint density at radius 1 is 1.33 bits per heavy atom. The molecule has 6 heteroatoms. The quantitative estimate of drug-likeness (QED) is 0.857. The molecule has 0 aromatic heterocycles. The zero-order valence-electron chi connectivity index (χ0n) is 12.0. The molecular formula is C15H19FN4O. The van der Waals surface area contributed by atoms with Crippen molar-refractivity contribution in [1.82, 2.24) is 10.7 Å². The van der Waals surface area contributed by atoms with Crippen molar-refractivity contribution in [2.45, 2.75) is 13.3 Å². The lowest BCUT2D eigenvalue weighted by Gasteiger charge is -2.30. The van der Waals surface area contributed by atoms with Crippen molar-refractivity contribution in [1.29, 1.82) is 0 Å². The lowest BCUT2D eigenvalue weighted by Crippen LogP contribution is -2.43. The van der Waals surface area contributed by atoms with Crippen LogP contribution in [0.1, 0.15) is 18.9 Å². The molecule has 1 fully saturated rings. The molecule has 1 saturated heterocycles. The van der Waals surface area contributed by atoms with E-state index in [1.807, 2.05) is 24.0 Å². The summed E-state index contributed by atoms with van der Waals surface area (Å²) < 4.78 is 14.4. The molecule has 1 amide bonds.